The maximum atomic E-state index is 2.40. The van der Waals surface area contributed by atoms with Gasteiger partial charge in [-0.1, -0.05) is 27.7 Å². The predicted molar refractivity (Wildman–Crippen MR) is 90.9 cm³/mol. The van der Waals surface area contributed by atoms with Gasteiger partial charge >= 0.3 is 0 Å². The van der Waals surface area contributed by atoms with Crippen molar-refractivity contribution in [1.29, 1.82) is 0 Å². The van der Waals surface area contributed by atoms with Crippen LogP contribution in [0.1, 0.15) is 53.4 Å². The van der Waals surface area contributed by atoms with Crippen molar-refractivity contribution in [3.05, 3.63) is 0 Å². The van der Waals surface area contributed by atoms with Gasteiger partial charge in [-0.2, -0.15) is 17.9 Å². The zero-order valence-corrected chi connectivity index (χ0v) is 15.7. The minimum atomic E-state index is 1.35. The summed E-state index contributed by atoms with van der Waals surface area (Å²) in [6, 6.07) is 0. The summed E-state index contributed by atoms with van der Waals surface area (Å²) in [6.45, 7) is 23.9. The molecule has 4 fully saturated rings. The van der Waals surface area contributed by atoms with Crippen molar-refractivity contribution in [2.75, 3.05) is 66.2 Å². The Labute approximate surface area is 138 Å². The van der Waals surface area contributed by atoms with E-state index in [1.165, 1.54) is 110 Å². The van der Waals surface area contributed by atoms with Crippen LogP contribution in [0, 0.1) is 0 Å². The Morgan fingerprint density at radius 1 is 0.409 bits per heavy atom. The van der Waals surface area contributed by atoms with Gasteiger partial charge in [-0.05, 0) is 25.7 Å². The van der Waals surface area contributed by atoms with Crippen LogP contribution in [-0.4, -0.2) is 84.1 Å². The number of quaternary nitrogens is 4. The Bertz CT molecular complexity index is 296. The molecular formula is C18H40N4+4. The molecule has 22 heavy (non-hydrogen) atoms. The molecule has 4 bridgehead atoms. The summed E-state index contributed by atoms with van der Waals surface area (Å²) in [4.78, 5) is 0. The lowest BCUT2D eigenvalue weighted by Crippen LogP contribution is -2.94. The number of hydrogen-bond acceptors (Lipinski definition) is 0. The quantitative estimate of drug-likeness (QED) is 0.605. The molecule has 0 atom stereocenters. The molecule has 0 aromatic carbocycles. The van der Waals surface area contributed by atoms with Gasteiger partial charge in [0.2, 0.25) is 40.0 Å². The van der Waals surface area contributed by atoms with E-state index >= 15 is 0 Å². The van der Waals surface area contributed by atoms with Crippen LogP contribution in [0.15, 0.2) is 0 Å². The van der Waals surface area contributed by atoms with Gasteiger partial charge in [-0.3, -0.25) is 0 Å². The molecule has 0 unspecified atom stereocenters. The lowest BCUT2D eigenvalue weighted by Gasteiger charge is -2.68. The number of hydrogen-bond donors (Lipinski definition) is 0. The normalized spacial score (nSPS) is 46.4. The van der Waals surface area contributed by atoms with Crippen LogP contribution >= 0.6 is 0 Å². The van der Waals surface area contributed by atoms with Gasteiger partial charge < -0.3 is 0 Å². The monoisotopic (exact) mass is 312 g/mol. The van der Waals surface area contributed by atoms with Crippen molar-refractivity contribution in [2.24, 2.45) is 0 Å². The second kappa shape index (κ2) is 5.73. The summed E-state index contributed by atoms with van der Waals surface area (Å²) in [7, 11) is 0. The molecular weight excluding hydrogens is 272 g/mol. The SMILES string of the molecule is CCC[N+]12C[N+]3(CCC)C[N+](CCC)(C1)C[N+](CCC)(C2)C3. The molecule has 4 heteroatoms. The molecule has 4 saturated heterocycles. The van der Waals surface area contributed by atoms with Crippen LogP contribution in [0.25, 0.3) is 0 Å². The van der Waals surface area contributed by atoms with Crippen molar-refractivity contribution in [1.82, 2.24) is 0 Å². The van der Waals surface area contributed by atoms with E-state index < -0.39 is 0 Å². The van der Waals surface area contributed by atoms with Crippen molar-refractivity contribution >= 4 is 0 Å². The van der Waals surface area contributed by atoms with Crippen LogP contribution in [-0.2, 0) is 0 Å². The fraction of sp³-hybridized carbons (Fsp3) is 1.00. The van der Waals surface area contributed by atoms with Gasteiger partial charge in [-0.25, -0.2) is 0 Å². The molecule has 128 valence electrons. The van der Waals surface area contributed by atoms with Gasteiger partial charge in [0.25, 0.3) is 0 Å². The minimum absolute atomic E-state index is 1.35. The van der Waals surface area contributed by atoms with Crippen molar-refractivity contribution in [3.63, 3.8) is 0 Å². The highest BCUT2D eigenvalue weighted by Gasteiger charge is 2.71. The molecule has 0 saturated carbocycles. The molecule has 0 spiro atoms. The third kappa shape index (κ3) is 2.62. The zero-order valence-electron chi connectivity index (χ0n) is 15.7. The van der Waals surface area contributed by atoms with E-state index in [1.54, 1.807) is 0 Å². The summed E-state index contributed by atoms with van der Waals surface area (Å²) >= 11 is 0. The first-order chi connectivity index (χ1) is 10.5. The summed E-state index contributed by atoms with van der Waals surface area (Å²) in [6.07, 6.45) is 5.41. The van der Waals surface area contributed by atoms with E-state index in [4.69, 9.17) is 0 Å². The highest BCUT2D eigenvalue weighted by Crippen LogP contribution is 2.44. The smallest absolute Gasteiger partial charge is 0.185 e. The van der Waals surface area contributed by atoms with Crippen molar-refractivity contribution < 1.29 is 17.9 Å². The highest BCUT2D eigenvalue weighted by molar-refractivity contribution is 4.54. The predicted octanol–water partition coefficient (Wildman–Crippen LogP) is 2.68. The first-order valence-corrected chi connectivity index (χ1v) is 9.89. The largest absolute Gasteiger partial charge is 0.225 e. The van der Waals surface area contributed by atoms with E-state index in [9.17, 15) is 0 Å². The third-order valence-corrected chi connectivity index (χ3v) is 6.39. The summed E-state index contributed by atoms with van der Waals surface area (Å²) in [5, 5.41) is 0. The molecule has 4 heterocycles. The topological polar surface area (TPSA) is 0 Å². The Balaban J connectivity index is 2.00. The summed E-state index contributed by atoms with van der Waals surface area (Å²) < 4.78 is 5.71. The molecule has 0 aliphatic carbocycles. The van der Waals surface area contributed by atoms with E-state index in [0.717, 1.165) is 0 Å². The molecule has 0 radical (unpaired) electrons. The first-order valence-electron chi connectivity index (χ1n) is 9.89. The first kappa shape index (κ1) is 16.7. The molecule has 0 amide bonds. The van der Waals surface area contributed by atoms with Gasteiger partial charge in [-0.15, -0.1) is 0 Å². The second-order valence-electron chi connectivity index (χ2n) is 9.11. The van der Waals surface area contributed by atoms with Crippen LogP contribution in [0.4, 0.5) is 0 Å². The molecule has 4 rings (SSSR count). The summed E-state index contributed by atoms with van der Waals surface area (Å²) in [5.41, 5.74) is 0. The van der Waals surface area contributed by atoms with Gasteiger partial charge in [0.1, 0.15) is 0 Å². The number of rotatable bonds is 8. The maximum Gasteiger partial charge on any atom is 0.225 e. The minimum Gasteiger partial charge on any atom is -0.185 e. The average molecular weight is 313 g/mol. The Hall–Kier alpha value is -0.160. The van der Waals surface area contributed by atoms with E-state index in [1.807, 2.05) is 0 Å². The maximum absolute atomic E-state index is 2.40. The zero-order chi connectivity index (χ0) is 15.9. The Kier molecular flexibility index (Phi) is 4.35. The van der Waals surface area contributed by atoms with Gasteiger partial charge in [0, 0.05) is 0 Å². The highest BCUT2D eigenvalue weighted by atomic mass is 15.9. The van der Waals surface area contributed by atoms with E-state index in [-0.39, 0.29) is 0 Å². The summed E-state index contributed by atoms with van der Waals surface area (Å²) in [5.74, 6) is 0. The number of nitrogens with zero attached hydrogens (tertiary/aromatic N) is 4. The van der Waals surface area contributed by atoms with Crippen molar-refractivity contribution in [3.8, 4) is 0 Å². The molecule has 4 nitrogen and oxygen atoms in total. The molecule has 4 aliphatic heterocycles. The fourth-order valence-electron chi connectivity index (χ4n) is 7.10. The molecule has 4 aliphatic rings. The van der Waals surface area contributed by atoms with Crippen LogP contribution in [0.3, 0.4) is 0 Å². The third-order valence-electron chi connectivity index (χ3n) is 6.39. The average Bonchev–Trinajstić information content (AvgIpc) is 2.36. The van der Waals surface area contributed by atoms with Crippen LogP contribution < -0.4 is 0 Å². The van der Waals surface area contributed by atoms with Crippen molar-refractivity contribution in [2.45, 2.75) is 53.4 Å². The lowest BCUT2D eigenvalue weighted by atomic mass is 10.1. The fourth-order valence-corrected chi connectivity index (χ4v) is 7.10. The Morgan fingerprint density at radius 2 is 0.591 bits per heavy atom. The lowest BCUT2D eigenvalue weighted by molar-refractivity contribution is -1.43. The molecule has 0 N–H and O–H groups in total. The van der Waals surface area contributed by atoms with Crippen LogP contribution in [0.5, 0.6) is 0 Å². The van der Waals surface area contributed by atoms with Crippen LogP contribution in [0.2, 0.25) is 0 Å². The standard InChI is InChI=1S/C18H40N4/c1-5-9-19-13-20(10-6-2)16-21(14-19,11-7-3)18-22(15-19,17-20)12-8-4/h5-18H2,1-4H3/q+4. The van der Waals surface area contributed by atoms with E-state index in [0.29, 0.717) is 0 Å². The van der Waals surface area contributed by atoms with Gasteiger partial charge in [0.05, 0.1) is 26.2 Å². The Morgan fingerprint density at radius 3 is 0.727 bits per heavy atom. The van der Waals surface area contributed by atoms with Gasteiger partial charge in [0.15, 0.2) is 0 Å². The van der Waals surface area contributed by atoms with E-state index in [2.05, 4.69) is 27.7 Å². The molecule has 0 aromatic heterocycles. The second-order valence-corrected chi connectivity index (χ2v) is 9.11. The molecule has 0 aromatic rings.